The summed E-state index contributed by atoms with van der Waals surface area (Å²) in [6, 6.07) is 5.60. The Kier molecular flexibility index (Phi) is 6.14. The lowest BCUT2D eigenvalue weighted by Gasteiger charge is -2.09. The van der Waals surface area contributed by atoms with Crippen LogP contribution in [-0.4, -0.2) is 33.2 Å². The van der Waals surface area contributed by atoms with E-state index in [1.807, 2.05) is 22.8 Å². The summed E-state index contributed by atoms with van der Waals surface area (Å²) in [6.07, 6.45) is 2.38. The molecular formula is C20H21BrN4O4S. The second-order valence-corrected chi connectivity index (χ2v) is 8.90. The maximum absolute atomic E-state index is 12.5. The molecule has 0 atom stereocenters. The molecule has 0 bridgehead atoms. The third-order valence-electron chi connectivity index (χ3n) is 4.83. The largest absolute Gasteiger partial charge is 0.460 e. The first-order valence-corrected chi connectivity index (χ1v) is 11.5. The zero-order valence-corrected chi connectivity index (χ0v) is 18.8. The number of carbonyl (C=O) groups excluding carboxylic acids is 2. The molecule has 1 fully saturated rings. The molecule has 2 heterocycles. The van der Waals surface area contributed by atoms with Gasteiger partial charge in [0, 0.05) is 40.1 Å². The average molecular weight is 493 g/mol. The van der Waals surface area contributed by atoms with E-state index in [1.165, 1.54) is 11.8 Å². The zero-order chi connectivity index (χ0) is 21.3. The van der Waals surface area contributed by atoms with Gasteiger partial charge in [0.05, 0.1) is 6.61 Å². The topological polar surface area (TPSA) is 113 Å². The quantitative estimate of drug-likeness (QED) is 0.354. The van der Waals surface area contributed by atoms with Gasteiger partial charge in [-0.1, -0.05) is 27.7 Å². The van der Waals surface area contributed by atoms with E-state index in [-0.39, 0.29) is 24.7 Å². The predicted molar refractivity (Wildman–Crippen MR) is 115 cm³/mol. The SMILES string of the molecule is CCOC(=O)c1oc2ccc(Br)cc2c1CSc1nnc(C2CC2)n1CCC(N)=O. The number of aromatic nitrogens is 3. The lowest BCUT2D eigenvalue weighted by molar-refractivity contribution is -0.118. The minimum atomic E-state index is -0.491. The van der Waals surface area contributed by atoms with E-state index >= 15 is 0 Å². The number of nitrogens with two attached hydrogens (primary N) is 1. The molecule has 3 aromatic rings. The van der Waals surface area contributed by atoms with E-state index in [1.54, 1.807) is 6.92 Å². The van der Waals surface area contributed by atoms with E-state index in [2.05, 4.69) is 26.1 Å². The van der Waals surface area contributed by atoms with E-state index in [0.29, 0.717) is 29.0 Å². The highest BCUT2D eigenvalue weighted by atomic mass is 79.9. The normalized spacial score (nSPS) is 13.7. The number of carbonyl (C=O) groups is 2. The molecule has 158 valence electrons. The van der Waals surface area contributed by atoms with Gasteiger partial charge in [-0.3, -0.25) is 4.79 Å². The van der Waals surface area contributed by atoms with Crippen LogP contribution in [0.2, 0.25) is 0 Å². The van der Waals surface area contributed by atoms with Crippen molar-refractivity contribution in [3.8, 4) is 0 Å². The van der Waals surface area contributed by atoms with Gasteiger partial charge in [-0.2, -0.15) is 0 Å². The fourth-order valence-electron chi connectivity index (χ4n) is 3.24. The van der Waals surface area contributed by atoms with Crippen LogP contribution >= 0.6 is 27.7 Å². The Morgan fingerprint density at radius 1 is 1.37 bits per heavy atom. The van der Waals surface area contributed by atoms with Crippen molar-refractivity contribution >= 4 is 50.5 Å². The molecule has 8 nitrogen and oxygen atoms in total. The lowest BCUT2D eigenvalue weighted by atomic mass is 10.1. The lowest BCUT2D eigenvalue weighted by Crippen LogP contribution is -2.15. The van der Waals surface area contributed by atoms with Crippen LogP contribution in [0.4, 0.5) is 0 Å². The second-order valence-electron chi connectivity index (χ2n) is 7.04. The molecule has 2 aromatic heterocycles. The van der Waals surface area contributed by atoms with Gasteiger partial charge in [-0.15, -0.1) is 10.2 Å². The Labute approximate surface area is 185 Å². The van der Waals surface area contributed by atoms with Crippen LogP contribution in [0.1, 0.15) is 54.0 Å². The minimum absolute atomic E-state index is 0.197. The number of benzene rings is 1. The number of hydrogen-bond donors (Lipinski definition) is 1. The number of thioether (sulfide) groups is 1. The van der Waals surface area contributed by atoms with Gasteiger partial charge in [-0.25, -0.2) is 4.79 Å². The molecule has 1 aliphatic carbocycles. The summed E-state index contributed by atoms with van der Waals surface area (Å²) in [7, 11) is 0. The highest BCUT2D eigenvalue weighted by molar-refractivity contribution is 9.10. The van der Waals surface area contributed by atoms with Crippen LogP contribution in [0, 0.1) is 0 Å². The number of amides is 1. The molecule has 0 unspecified atom stereocenters. The fourth-order valence-corrected chi connectivity index (χ4v) is 4.61. The fraction of sp³-hybridized carbons (Fsp3) is 0.400. The molecule has 0 radical (unpaired) electrons. The van der Waals surface area contributed by atoms with Gasteiger partial charge in [0.1, 0.15) is 11.4 Å². The Hall–Kier alpha value is -2.33. The van der Waals surface area contributed by atoms with Crippen molar-refractivity contribution in [2.75, 3.05) is 6.61 Å². The number of halogens is 1. The Bertz CT molecular complexity index is 1110. The molecule has 1 aliphatic rings. The number of nitrogens with zero attached hydrogens (tertiary/aromatic N) is 3. The van der Waals surface area contributed by atoms with Gasteiger partial charge >= 0.3 is 5.97 Å². The van der Waals surface area contributed by atoms with Crippen LogP contribution in [0.15, 0.2) is 32.2 Å². The minimum Gasteiger partial charge on any atom is -0.460 e. The van der Waals surface area contributed by atoms with Crippen LogP contribution < -0.4 is 5.73 Å². The van der Waals surface area contributed by atoms with Crippen molar-refractivity contribution in [2.24, 2.45) is 5.73 Å². The maximum atomic E-state index is 12.5. The first kappa shape index (κ1) is 20.9. The Morgan fingerprint density at radius 2 is 2.17 bits per heavy atom. The summed E-state index contributed by atoms with van der Waals surface area (Å²) < 4.78 is 13.8. The number of hydrogen-bond acceptors (Lipinski definition) is 7. The van der Waals surface area contributed by atoms with Crippen molar-refractivity contribution in [2.45, 2.75) is 49.6 Å². The monoisotopic (exact) mass is 492 g/mol. The smallest absolute Gasteiger partial charge is 0.374 e. The second kappa shape index (κ2) is 8.81. The highest BCUT2D eigenvalue weighted by Crippen LogP contribution is 2.41. The van der Waals surface area contributed by atoms with Crippen molar-refractivity contribution < 1.29 is 18.7 Å². The summed E-state index contributed by atoms with van der Waals surface area (Å²) in [5, 5.41) is 10.2. The maximum Gasteiger partial charge on any atom is 0.374 e. The molecule has 1 aromatic carbocycles. The number of furan rings is 1. The predicted octanol–water partition coefficient (Wildman–Crippen LogP) is 4.01. The van der Waals surface area contributed by atoms with Crippen molar-refractivity contribution in [3.05, 3.63) is 39.8 Å². The molecule has 0 aliphatic heterocycles. The van der Waals surface area contributed by atoms with Crippen LogP contribution in [0.25, 0.3) is 11.0 Å². The molecule has 10 heteroatoms. The zero-order valence-electron chi connectivity index (χ0n) is 16.4. The summed E-state index contributed by atoms with van der Waals surface area (Å²) >= 11 is 4.92. The molecule has 2 N–H and O–H groups in total. The van der Waals surface area contributed by atoms with Crippen molar-refractivity contribution in [1.29, 1.82) is 0 Å². The third-order valence-corrected chi connectivity index (χ3v) is 6.32. The first-order chi connectivity index (χ1) is 14.5. The first-order valence-electron chi connectivity index (χ1n) is 9.70. The number of rotatable bonds is 9. The molecule has 1 saturated carbocycles. The molecule has 0 saturated heterocycles. The Morgan fingerprint density at radius 3 is 2.87 bits per heavy atom. The number of primary amides is 1. The number of ether oxygens (including phenoxy) is 1. The highest BCUT2D eigenvalue weighted by Gasteiger charge is 2.31. The summed E-state index contributed by atoms with van der Waals surface area (Å²) in [6.45, 7) is 2.46. The molecule has 4 rings (SSSR count). The van der Waals surface area contributed by atoms with Crippen molar-refractivity contribution in [3.63, 3.8) is 0 Å². The standard InChI is InChI=1S/C20H21BrN4O4S/c1-2-28-19(27)17-14(13-9-12(21)5-6-15(13)29-17)10-30-20-24-23-18(11-3-4-11)25(20)8-7-16(22)26/h5-6,9,11H,2-4,7-8,10H2,1H3,(H2,22,26). The molecule has 30 heavy (non-hydrogen) atoms. The average Bonchev–Trinajstić information content (AvgIpc) is 3.37. The van der Waals surface area contributed by atoms with E-state index < -0.39 is 5.97 Å². The van der Waals surface area contributed by atoms with E-state index in [4.69, 9.17) is 14.9 Å². The van der Waals surface area contributed by atoms with Crippen LogP contribution in [0.3, 0.4) is 0 Å². The third kappa shape index (κ3) is 4.39. The van der Waals surface area contributed by atoms with Gasteiger partial charge in [0.25, 0.3) is 0 Å². The van der Waals surface area contributed by atoms with Crippen LogP contribution in [0.5, 0.6) is 0 Å². The Balaban J connectivity index is 1.65. The van der Waals surface area contributed by atoms with Gasteiger partial charge < -0.3 is 19.5 Å². The van der Waals surface area contributed by atoms with E-state index in [9.17, 15) is 9.59 Å². The van der Waals surface area contributed by atoms with Gasteiger partial charge in [0.15, 0.2) is 5.16 Å². The summed E-state index contributed by atoms with van der Waals surface area (Å²) in [4.78, 5) is 23.8. The summed E-state index contributed by atoms with van der Waals surface area (Å²) in [5.41, 5.74) is 6.70. The van der Waals surface area contributed by atoms with Crippen LogP contribution in [-0.2, 0) is 21.8 Å². The summed E-state index contributed by atoms with van der Waals surface area (Å²) in [5.74, 6) is 1.07. The molecular weight excluding hydrogens is 472 g/mol. The molecule has 1 amide bonds. The van der Waals surface area contributed by atoms with Gasteiger partial charge in [-0.05, 0) is 38.0 Å². The van der Waals surface area contributed by atoms with Gasteiger partial charge in [0.2, 0.25) is 11.7 Å². The number of esters is 1. The van der Waals surface area contributed by atoms with E-state index in [0.717, 1.165) is 34.1 Å². The number of fused-ring (bicyclic) bond motifs is 1. The van der Waals surface area contributed by atoms with Crippen molar-refractivity contribution in [1.82, 2.24) is 14.8 Å². The molecule has 0 spiro atoms.